The first-order chi connectivity index (χ1) is 6.96. The van der Waals surface area contributed by atoms with Crippen LogP contribution in [0.4, 0.5) is 0 Å². The number of carboxylic acid groups (broad SMARTS) is 1. The summed E-state index contributed by atoms with van der Waals surface area (Å²) >= 11 is 0. The summed E-state index contributed by atoms with van der Waals surface area (Å²) < 4.78 is 0. The maximum absolute atomic E-state index is 10.6. The molecule has 0 saturated heterocycles. The van der Waals surface area contributed by atoms with Gasteiger partial charge in [0.15, 0.2) is 5.60 Å². The molecule has 0 bridgehead atoms. The number of aliphatic carboxylic acids is 1. The molecule has 1 rings (SSSR count). The monoisotopic (exact) mass is 431 g/mol. The van der Waals surface area contributed by atoms with E-state index in [0.717, 1.165) is 0 Å². The second-order valence-electron chi connectivity index (χ2n) is 3.06. The van der Waals surface area contributed by atoms with Crippen molar-refractivity contribution < 1.29 is 47.8 Å². The van der Waals surface area contributed by atoms with Gasteiger partial charge in [0.2, 0.25) is 0 Å². The van der Waals surface area contributed by atoms with Gasteiger partial charge < -0.3 is 21.5 Å². The van der Waals surface area contributed by atoms with Crippen LogP contribution < -0.4 is 6.15 Å². The second kappa shape index (κ2) is 10.6. The molecule has 5 nitrogen and oxygen atoms in total. The number of hydrogen-bond donors (Lipinski definition) is 4. The Kier molecular flexibility index (Phi) is 13.6. The molecule has 6 N–H and O–H groups in total. The molecule has 0 aliphatic heterocycles. The summed E-state index contributed by atoms with van der Waals surface area (Å²) in [4.78, 5) is 10.6. The van der Waals surface area contributed by atoms with Crippen LogP contribution in [0.1, 0.15) is 19.4 Å². The van der Waals surface area contributed by atoms with Crippen LogP contribution in [0.2, 0.25) is 0 Å². The van der Waals surface area contributed by atoms with Crippen LogP contribution >= 0.6 is 0 Å². The molecule has 17 heavy (non-hydrogen) atoms. The summed E-state index contributed by atoms with van der Waals surface area (Å²) in [7, 11) is 0. The number of carbonyl (C=O) groups is 1. The standard InChI is InChI=1S/C9H10O3.C2H6O.Hg.H3N/c1-9(12,8(10)11)7-5-3-2-4-6-7;1-2-3;;/h2-6,12H,1H3,(H,10,11);3H,2H2,1H3;;1H3. The van der Waals surface area contributed by atoms with Gasteiger partial charge in [-0.2, -0.15) is 0 Å². The summed E-state index contributed by atoms with van der Waals surface area (Å²) in [6, 6.07) is 8.29. The van der Waals surface area contributed by atoms with Crippen molar-refractivity contribution in [2.24, 2.45) is 0 Å². The molecule has 0 heterocycles. The molecule has 1 aromatic carbocycles. The molecule has 1 unspecified atom stereocenters. The molecule has 0 radical (unpaired) electrons. The summed E-state index contributed by atoms with van der Waals surface area (Å²) in [6.45, 7) is 3.19. The van der Waals surface area contributed by atoms with Crippen LogP contribution in [0.3, 0.4) is 0 Å². The Morgan fingerprint density at radius 3 is 1.94 bits per heavy atom. The van der Waals surface area contributed by atoms with Crippen LogP contribution in [0.25, 0.3) is 0 Å². The van der Waals surface area contributed by atoms with E-state index in [4.69, 9.17) is 10.2 Å². The zero-order valence-corrected chi connectivity index (χ0v) is 15.8. The predicted molar refractivity (Wildman–Crippen MR) is 61.4 cm³/mol. The number of benzene rings is 1. The Morgan fingerprint density at radius 2 is 1.65 bits per heavy atom. The molecule has 1 aromatic rings. The largest absolute Gasteiger partial charge is 0.479 e. The van der Waals surface area contributed by atoms with Crippen molar-refractivity contribution in [1.29, 1.82) is 0 Å². The van der Waals surface area contributed by atoms with E-state index >= 15 is 0 Å². The first-order valence-corrected chi connectivity index (χ1v) is 4.59. The van der Waals surface area contributed by atoms with Crippen molar-refractivity contribution in [2.45, 2.75) is 19.4 Å². The SMILES string of the molecule is CC(O)(C(=O)O)c1ccccc1.CCO.N.[Hg]. The second-order valence-corrected chi connectivity index (χ2v) is 3.06. The van der Waals surface area contributed by atoms with Crippen molar-refractivity contribution in [3.05, 3.63) is 35.9 Å². The van der Waals surface area contributed by atoms with Gasteiger partial charge in [-0.25, -0.2) is 4.79 Å². The van der Waals surface area contributed by atoms with Gasteiger partial charge in [-0.1, -0.05) is 30.3 Å². The fraction of sp³-hybridized carbons (Fsp3) is 0.364. The van der Waals surface area contributed by atoms with Crippen molar-refractivity contribution in [3.63, 3.8) is 0 Å². The first kappa shape index (κ1) is 21.8. The Bertz CT molecular complexity index is 304. The van der Waals surface area contributed by atoms with Crippen molar-refractivity contribution >= 4 is 5.97 Å². The summed E-state index contributed by atoms with van der Waals surface area (Å²) in [6.07, 6.45) is 0. The third-order valence-corrected chi connectivity index (χ3v) is 1.75. The van der Waals surface area contributed by atoms with Crippen LogP contribution in [-0.4, -0.2) is 27.9 Å². The van der Waals surface area contributed by atoms with Crippen molar-refractivity contribution in [3.8, 4) is 0 Å². The molecular weight excluding hydrogens is 411 g/mol. The van der Waals surface area contributed by atoms with Gasteiger partial charge in [-0.15, -0.1) is 0 Å². The normalized spacial score (nSPS) is 11.8. The van der Waals surface area contributed by atoms with Gasteiger partial charge in [0.05, 0.1) is 0 Å². The van der Waals surface area contributed by atoms with Gasteiger partial charge in [0.25, 0.3) is 0 Å². The Labute approximate surface area is 122 Å². The van der Waals surface area contributed by atoms with E-state index in [1.54, 1.807) is 37.3 Å². The average molecular weight is 430 g/mol. The van der Waals surface area contributed by atoms with Gasteiger partial charge in [0, 0.05) is 34.3 Å². The van der Waals surface area contributed by atoms with Gasteiger partial charge in [-0.3, -0.25) is 0 Å². The van der Waals surface area contributed by atoms with Crippen LogP contribution in [0.5, 0.6) is 0 Å². The molecule has 0 amide bonds. The third kappa shape index (κ3) is 7.43. The maximum Gasteiger partial charge on any atom is 0.340 e. The molecule has 1 atom stereocenters. The fourth-order valence-electron chi connectivity index (χ4n) is 0.886. The number of carboxylic acids is 1. The minimum Gasteiger partial charge on any atom is -0.479 e. The van der Waals surface area contributed by atoms with Gasteiger partial charge in [0.1, 0.15) is 0 Å². The van der Waals surface area contributed by atoms with Crippen LogP contribution in [0.15, 0.2) is 30.3 Å². The zero-order chi connectivity index (χ0) is 11.9. The van der Waals surface area contributed by atoms with Crippen LogP contribution in [-0.2, 0) is 38.1 Å². The minimum atomic E-state index is -1.79. The van der Waals surface area contributed by atoms with E-state index in [1.165, 1.54) is 6.92 Å². The number of aliphatic hydroxyl groups is 2. The van der Waals surface area contributed by atoms with E-state index < -0.39 is 11.6 Å². The summed E-state index contributed by atoms with van der Waals surface area (Å²) in [5.74, 6) is -1.24. The summed E-state index contributed by atoms with van der Waals surface area (Å²) in [5, 5.41) is 25.7. The smallest absolute Gasteiger partial charge is 0.340 e. The first-order valence-electron chi connectivity index (χ1n) is 4.59. The Morgan fingerprint density at radius 1 is 1.29 bits per heavy atom. The molecule has 0 aromatic heterocycles. The Hall–Kier alpha value is -0.495. The Balaban J connectivity index is -0.000000356. The van der Waals surface area contributed by atoms with E-state index in [0.29, 0.717) is 5.56 Å². The minimum absolute atomic E-state index is 0. The molecule has 0 aliphatic rings. The molecular formula is C11H19HgNO4. The third-order valence-electron chi connectivity index (χ3n) is 1.75. The van der Waals surface area contributed by atoms with Gasteiger partial charge in [-0.05, 0) is 19.4 Å². The maximum atomic E-state index is 10.6. The number of aliphatic hydroxyl groups excluding tert-OH is 1. The van der Waals surface area contributed by atoms with E-state index in [1.807, 2.05) is 0 Å². The predicted octanol–water partition coefficient (Wildman–Crippen LogP) is 1.14. The quantitative estimate of drug-likeness (QED) is 0.526. The molecule has 0 saturated carbocycles. The van der Waals surface area contributed by atoms with Crippen LogP contribution in [0, 0.1) is 0 Å². The number of rotatable bonds is 2. The van der Waals surface area contributed by atoms with Crippen molar-refractivity contribution in [1.82, 2.24) is 6.15 Å². The van der Waals surface area contributed by atoms with E-state index in [2.05, 4.69) is 0 Å². The van der Waals surface area contributed by atoms with E-state index in [-0.39, 0.29) is 40.4 Å². The van der Waals surface area contributed by atoms with Crippen molar-refractivity contribution in [2.75, 3.05) is 6.61 Å². The summed E-state index contributed by atoms with van der Waals surface area (Å²) in [5.41, 5.74) is -1.40. The number of hydrogen-bond acceptors (Lipinski definition) is 4. The molecule has 0 fully saturated rings. The van der Waals surface area contributed by atoms with E-state index in [9.17, 15) is 9.90 Å². The topological polar surface area (TPSA) is 113 Å². The van der Waals surface area contributed by atoms with Gasteiger partial charge >= 0.3 is 5.97 Å². The fourth-order valence-corrected chi connectivity index (χ4v) is 0.886. The molecule has 0 spiro atoms. The molecule has 0 aliphatic carbocycles. The molecule has 94 valence electrons. The zero-order valence-electron chi connectivity index (χ0n) is 10.3. The average Bonchev–Trinajstić information content (AvgIpc) is 2.20. The molecule has 6 heteroatoms.